The molecule has 1 atom stereocenters. The number of nitrogens with one attached hydrogen (secondary N) is 1. The molecule has 6 rings (SSSR count). The molecule has 0 aliphatic carbocycles. The van der Waals surface area contributed by atoms with E-state index < -0.39 is 11.9 Å². The van der Waals surface area contributed by atoms with Crippen molar-refractivity contribution < 1.29 is 19.1 Å². The second-order valence-corrected chi connectivity index (χ2v) is 10.6. The Kier molecular flexibility index (Phi) is 6.31. The minimum Gasteiger partial charge on any atom is -0.489 e. The number of imide groups is 1. The number of rotatable bonds is 6. The van der Waals surface area contributed by atoms with Gasteiger partial charge in [0.25, 0.3) is 5.91 Å². The molecule has 1 aromatic carbocycles. The lowest BCUT2D eigenvalue weighted by Gasteiger charge is -2.29. The highest BCUT2D eigenvalue weighted by Gasteiger charge is 2.39. The standard InChI is InChI=1S/C29H31N5O4/c1-17(2)38-24-9-10-30-26-20(15-33-11-3-4-12-33)14-22(31-27(24)26)18-5-6-21-19(13-18)16-34(29(21)37)23-7-8-25(35)32-28(23)36/h5-6,9-10,13-14,17,23H,3-4,7-8,11-12,15-16H2,1-2H3,(H,32,35,36). The Morgan fingerprint density at radius 2 is 1.89 bits per heavy atom. The average molecular weight is 514 g/mol. The largest absolute Gasteiger partial charge is 0.489 e. The number of likely N-dealkylation sites (tertiary alicyclic amines) is 1. The minimum absolute atomic E-state index is 0.00245. The number of hydrogen-bond donors (Lipinski definition) is 1. The number of fused-ring (bicyclic) bond motifs is 2. The zero-order chi connectivity index (χ0) is 26.4. The van der Waals surface area contributed by atoms with E-state index in [4.69, 9.17) is 9.72 Å². The average Bonchev–Trinajstić information content (AvgIpc) is 3.51. The molecule has 1 N–H and O–H groups in total. The normalized spacial score (nSPS) is 19.9. The van der Waals surface area contributed by atoms with Crippen LogP contribution in [0.5, 0.6) is 5.75 Å². The van der Waals surface area contributed by atoms with Crippen LogP contribution in [0.4, 0.5) is 0 Å². The van der Waals surface area contributed by atoms with Gasteiger partial charge >= 0.3 is 0 Å². The highest BCUT2D eigenvalue weighted by Crippen LogP contribution is 2.34. The Hall–Kier alpha value is -3.85. The van der Waals surface area contributed by atoms with Crippen LogP contribution in [0.15, 0.2) is 36.5 Å². The van der Waals surface area contributed by atoms with E-state index in [9.17, 15) is 14.4 Å². The maximum Gasteiger partial charge on any atom is 0.255 e. The highest BCUT2D eigenvalue weighted by molar-refractivity contribution is 6.05. The van der Waals surface area contributed by atoms with E-state index in [-0.39, 0.29) is 24.3 Å². The van der Waals surface area contributed by atoms with Gasteiger partial charge in [-0.25, -0.2) is 4.98 Å². The van der Waals surface area contributed by atoms with Crippen molar-refractivity contribution in [2.45, 2.75) is 64.8 Å². The molecular formula is C29H31N5O4. The van der Waals surface area contributed by atoms with Crippen molar-refractivity contribution in [1.29, 1.82) is 0 Å². The third-order valence-electron chi connectivity index (χ3n) is 7.51. The summed E-state index contributed by atoms with van der Waals surface area (Å²) in [5, 5.41) is 2.36. The monoisotopic (exact) mass is 513 g/mol. The van der Waals surface area contributed by atoms with Crippen LogP contribution in [0.3, 0.4) is 0 Å². The number of piperidine rings is 1. The van der Waals surface area contributed by atoms with Gasteiger partial charge in [-0.15, -0.1) is 0 Å². The van der Waals surface area contributed by atoms with Crippen LogP contribution in [-0.4, -0.2) is 62.7 Å². The molecule has 0 bridgehead atoms. The maximum atomic E-state index is 13.2. The molecule has 1 unspecified atom stereocenters. The Morgan fingerprint density at radius 3 is 2.66 bits per heavy atom. The Labute approximate surface area is 221 Å². The molecule has 3 aromatic rings. The number of amides is 3. The second kappa shape index (κ2) is 9.79. The van der Waals surface area contributed by atoms with Gasteiger partial charge in [-0.3, -0.25) is 29.6 Å². The molecule has 2 saturated heterocycles. The molecule has 0 saturated carbocycles. The third kappa shape index (κ3) is 4.51. The lowest BCUT2D eigenvalue weighted by atomic mass is 10.0. The van der Waals surface area contributed by atoms with Gasteiger partial charge in [-0.2, -0.15) is 0 Å². The number of carbonyl (C=O) groups is 3. The van der Waals surface area contributed by atoms with Gasteiger partial charge in [0.2, 0.25) is 11.8 Å². The van der Waals surface area contributed by atoms with Crippen molar-refractivity contribution in [3.63, 3.8) is 0 Å². The van der Waals surface area contributed by atoms with Gasteiger partial charge in [0.1, 0.15) is 17.3 Å². The van der Waals surface area contributed by atoms with Gasteiger partial charge < -0.3 is 9.64 Å². The van der Waals surface area contributed by atoms with Crippen molar-refractivity contribution in [2.24, 2.45) is 0 Å². The van der Waals surface area contributed by atoms with Crippen LogP contribution < -0.4 is 10.1 Å². The van der Waals surface area contributed by atoms with E-state index in [1.54, 1.807) is 11.1 Å². The molecular weight excluding hydrogens is 482 g/mol. The zero-order valence-electron chi connectivity index (χ0n) is 21.7. The van der Waals surface area contributed by atoms with Crippen LogP contribution in [0, 0.1) is 0 Å². The maximum absolute atomic E-state index is 13.2. The summed E-state index contributed by atoms with van der Waals surface area (Å²) in [7, 11) is 0. The van der Waals surface area contributed by atoms with Crippen molar-refractivity contribution in [2.75, 3.05) is 13.1 Å². The smallest absolute Gasteiger partial charge is 0.255 e. The first-order valence-electron chi connectivity index (χ1n) is 13.3. The fourth-order valence-corrected chi connectivity index (χ4v) is 5.70. The molecule has 2 aromatic heterocycles. The first kappa shape index (κ1) is 24.5. The SMILES string of the molecule is CC(C)Oc1ccnc2c(CN3CCCC3)cc(-c3ccc4c(c3)CN(C3CCC(=O)NC3=O)C4=O)nc12. The van der Waals surface area contributed by atoms with E-state index in [0.717, 1.165) is 53.1 Å². The summed E-state index contributed by atoms with van der Waals surface area (Å²) in [6.07, 6.45) is 4.75. The number of carbonyl (C=O) groups excluding carboxylic acids is 3. The minimum atomic E-state index is -0.635. The van der Waals surface area contributed by atoms with Crippen LogP contribution in [-0.2, 0) is 22.7 Å². The van der Waals surface area contributed by atoms with E-state index in [1.165, 1.54) is 12.8 Å². The summed E-state index contributed by atoms with van der Waals surface area (Å²) in [5.74, 6) is -0.176. The number of nitrogens with zero attached hydrogens (tertiary/aromatic N) is 4. The molecule has 5 heterocycles. The third-order valence-corrected chi connectivity index (χ3v) is 7.51. The quantitative estimate of drug-likeness (QED) is 0.504. The van der Waals surface area contributed by atoms with Gasteiger partial charge in [0.15, 0.2) is 0 Å². The molecule has 0 spiro atoms. The van der Waals surface area contributed by atoms with Crippen molar-refractivity contribution >= 4 is 28.8 Å². The number of ether oxygens (including phenoxy) is 1. The van der Waals surface area contributed by atoms with Crippen LogP contribution in [0.25, 0.3) is 22.3 Å². The Bertz CT molecular complexity index is 1450. The second-order valence-electron chi connectivity index (χ2n) is 10.6. The summed E-state index contributed by atoms with van der Waals surface area (Å²) >= 11 is 0. The van der Waals surface area contributed by atoms with Crippen LogP contribution in [0.2, 0.25) is 0 Å². The van der Waals surface area contributed by atoms with Gasteiger partial charge in [-0.05, 0) is 75.5 Å². The van der Waals surface area contributed by atoms with E-state index in [2.05, 4.69) is 21.3 Å². The number of pyridine rings is 2. The Morgan fingerprint density at radius 1 is 1.08 bits per heavy atom. The molecule has 3 aliphatic heterocycles. The fraction of sp³-hybridized carbons (Fsp3) is 0.414. The zero-order valence-corrected chi connectivity index (χ0v) is 21.7. The van der Waals surface area contributed by atoms with Crippen molar-refractivity contribution in [1.82, 2.24) is 25.1 Å². The van der Waals surface area contributed by atoms with Crippen LogP contribution >= 0.6 is 0 Å². The molecule has 0 radical (unpaired) electrons. The topological polar surface area (TPSA) is 105 Å². The lowest BCUT2D eigenvalue weighted by Crippen LogP contribution is -2.52. The number of benzene rings is 1. The van der Waals surface area contributed by atoms with Crippen molar-refractivity contribution in [3.05, 3.63) is 53.2 Å². The van der Waals surface area contributed by atoms with E-state index in [1.807, 2.05) is 38.1 Å². The molecule has 3 aliphatic rings. The van der Waals surface area contributed by atoms with E-state index >= 15 is 0 Å². The summed E-state index contributed by atoms with van der Waals surface area (Å²) in [6.45, 7) is 7.24. The predicted molar refractivity (Wildman–Crippen MR) is 141 cm³/mol. The summed E-state index contributed by atoms with van der Waals surface area (Å²) in [5.41, 5.74) is 5.80. The van der Waals surface area contributed by atoms with Gasteiger partial charge in [0, 0.05) is 42.9 Å². The fourth-order valence-electron chi connectivity index (χ4n) is 5.70. The summed E-state index contributed by atoms with van der Waals surface area (Å²) in [6, 6.07) is 9.05. The highest BCUT2D eigenvalue weighted by atomic mass is 16.5. The van der Waals surface area contributed by atoms with Gasteiger partial charge in [-0.1, -0.05) is 6.07 Å². The lowest BCUT2D eigenvalue weighted by molar-refractivity contribution is -0.136. The molecule has 9 heteroatoms. The molecule has 196 valence electrons. The van der Waals surface area contributed by atoms with E-state index in [0.29, 0.717) is 24.3 Å². The molecule has 9 nitrogen and oxygen atoms in total. The first-order valence-corrected chi connectivity index (χ1v) is 13.3. The predicted octanol–water partition coefficient (Wildman–Crippen LogP) is 3.44. The molecule has 3 amide bonds. The van der Waals surface area contributed by atoms with Crippen LogP contribution in [0.1, 0.15) is 61.0 Å². The Balaban J connectivity index is 1.38. The molecule has 38 heavy (non-hydrogen) atoms. The molecule has 2 fully saturated rings. The summed E-state index contributed by atoms with van der Waals surface area (Å²) < 4.78 is 6.10. The first-order chi connectivity index (χ1) is 18.4. The summed E-state index contributed by atoms with van der Waals surface area (Å²) in [4.78, 5) is 50.9. The number of aromatic nitrogens is 2. The number of hydrogen-bond acceptors (Lipinski definition) is 7. The van der Waals surface area contributed by atoms with Crippen molar-refractivity contribution in [3.8, 4) is 17.0 Å². The van der Waals surface area contributed by atoms with Gasteiger partial charge in [0.05, 0.1) is 17.3 Å².